The summed E-state index contributed by atoms with van der Waals surface area (Å²) in [7, 11) is 0. The van der Waals surface area contributed by atoms with Gasteiger partial charge >= 0.3 is 0 Å². The SMILES string of the molecule is CC1(C)c2cc(-c3cccc(-c4cccc(-c5nc(-c6ccccc6)cc(-c6ccccc6)n5)c4)c3)ccc2-c2cc3ccccc3cc21. The summed E-state index contributed by atoms with van der Waals surface area (Å²) in [6.07, 6.45) is 0. The van der Waals surface area contributed by atoms with Gasteiger partial charge in [-0.05, 0) is 91.7 Å². The predicted molar refractivity (Wildman–Crippen MR) is 204 cm³/mol. The first-order valence-corrected chi connectivity index (χ1v) is 16.9. The van der Waals surface area contributed by atoms with E-state index >= 15 is 0 Å². The van der Waals surface area contributed by atoms with Crippen molar-refractivity contribution in [3.05, 3.63) is 181 Å². The van der Waals surface area contributed by atoms with Gasteiger partial charge in [0.1, 0.15) is 0 Å². The number of hydrogen-bond donors (Lipinski definition) is 0. The Morgan fingerprint density at radius 1 is 0.347 bits per heavy atom. The first-order valence-electron chi connectivity index (χ1n) is 16.9. The van der Waals surface area contributed by atoms with Gasteiger partial charge in [0.15, 0.2) is 5.82 Å². The molecule has 1 aliphatic carbocycles. The molecule has 7 aromatic carbocycles. The van der Waals surface area contributed by atoms with Crippen molar-refractivity contribution in [2.45, 2.75) is 19.3 Å². The molecular weight excluding hydrogens is 593 g/mol. The third kappa shape index (κ3) is 5.14. The Morgan fingerprint density at radius 2 is 0.816 bits per heavy atom. The maximum absolute atomic E-state index is 5.07. The Labute approximate surface area is 287 Å². The molecular formula is C47H34N2. The van der Waals surface area contributed by atoms with Crippen LogP contribution >= 0.6 is 0 Å². The van der Waals surface area contributed by atoms with Crippen LogP contribution in [0, 0.1) is 0 Å². The highest BCUT2D eigenvalue weighted by Crippen LogP contribution is 2.51. The highest BCUT2D eigenvalue weighted by molar-refractivity contribution is 5.94. The average Bonchev–Trinajstić information content (AvgIpc) is 3.39. The molecule has 0 N–H and O–H groups in total. The smallest absolute Gasteiger partial charge is 0.160 e. The molecule has 1 aliphatic rings. The minimum atomic E-state index is -0.0798. The summed E-state index contributed by atoms with van der Waals surface area (Å²) < 4.78 is 0. The monoisotopic (exact) mass is 626 g/mol. The van der Waals surface area contributed by atoms with Crippen molar-refractivity contribution in [1.82, 2.24) is 9.97 Å². The van der Waals surface area contributed by atoms with Gasteiger partial charge in [0.25, 0.3) is 0 Å². The molecule has 0 aliphatic heterocycles. The number of rotatable bonds is 5. The van der Waals surface area contributed by atoms with Crippen molar-refractivity contribution < 1.29 is 0 Å². The molecule has 0 fully saturated rings. The van der Waals surface area contributed by atoms with E-state index in [1.807, 2.05) is 12.1 Å². The third-order valence-corrected chi connectivity index (χ3v) is 10.1. The van der Waals surface area contributed by atoms with Gasteiger partial charge in [-0.3, -0.25) is 0 Å². The second-order valence-corrected chi connectivity index (χ2v) is 13.5. The molecule has 0 atom stereocenters. The highest BCUT2D eigenvalue weighted by atomic mass is 14.9. The zero-order chi connectivity index (χ0) is 33.0. The van der Waals surface area contributed by atoms with Gasteiger partial charge in [0.05, 0.1) is 11.4 Å². The molecule has 1 aromatic heterocycles. The average molecular weight is 627 g/mol. The number of fused-ring (bicyclic) bond motifs is 4. The van der Waals surface area contributed by atoms with Crippen LogP contribution in [-0.2, 0) is 5.41 Å². The number of benzene rings is 7. The van der Waals surface area contributed by atoms with Crippen molar-refractivity contribution >= 4 is 10.8 Å². The molecule has 0 spiro atoms. The highest BCUT2D eigenvalue weighted by Gasteiger charge is 2.35. The maximum Gasteiger partial charge on any atom is 0.160 e. The van der Waals surface area contributed by atoms with Crippen molar-refractivity contribution in [3.8, 4) is 67.3 Å². The summed E-state index contributed by atoms with van der Waals surface area (Å²) >= 11 is 0. The molecule has 2 heteroatoms. The Hall–Kier alpha value is -6.12. The summed E-state index contributed by atoms with van der Waals surface area (Å²) in [5, 5.41) is 2.59. The van der Waals surface area contributed by atoms with Crippen LogP contribution in [0.3, 0.4) is 0 Å². The number of hydrogen-bond acceptors (Lipinski definition) is 2. The topological polar surface area (TPSA) is 25.8 Å². The summed E-state index contributed by atoms with van der Waals surface area (Å²) in [5.41, 5.74) is 15.1. The van der Waals surface area contributed by atoms with Crippen LogP contribution in [0.5, 0.6) is 0 Å². The van der Waals surface area contributed by atoms with Crippen molar-refractivity contribution in [3.63, 3.8) is 0 Å². The normalized spacial score (nSPS) is 12.9. The molecule has 0 unspecified atom stereocenters. The second-order valence-electron chi connectivity index (χ2n) is 13.5. The van der Waals surface area contributed by atoms with Gasteiger partial charge in [0, 0.05) is 22.1 Å². The van der Waals surface area contributed by atoms with Crippen LogP contribution in [0.2, 0.25) is 0 Å². The van der Waals surface area contributed by atoms with E-state index in [-0.39, 0.29) is 5.41 Å². The summed E-state index contributed by atoms with van der Waals surface area (Å²) in [5.74, 6) is 0.714. The minimum Gasteiger partial charge on any atom is -0.228 e. The van der Waals surface area contributed by atoms with E-state index < -0.39 is 0 Å². The minimum absolute atomic E-state index is 0.0798. The third-order valence-electron chi connectivity index (χ3n) is 10.1. The predicted octanol–water partition coefficient (Wildman–Crippen LogP) is 12.3. The first kappa shape index (κ1) is 29.1. The lowest BCUT2D eigenvalue weighted by Crippen LogP contribution is -2.15. The first-order chi connectivity index (χ1) is 24.0. The fourth-order valence-electron chi connectivity index (χ4n) is 7.41. The van der Waals surface area contributed by atoms with Crippen LogP contribution in [0.25, 0.3) is 78.1 Å². The molecule has 1 heterocycles. The van der Waals surface area contributed by atoms with Crippen LogP contribution in [-0.4, -0.2) is 9.97 Å². The second kappa shape index (κ2) is 11.5. The standard InChI is InChI=1S/C47H34N2/c1-47(2)42-29-38(23-24-40(42)41-27-36-17-9-10-18-37(36)28-43(41)47)34-20-11-19-33(25-34)35-21-12-22-39(26-35)46-48-44(31-13-5-3-6-14-31)30-45(49-46)32-15-7-4-8-16-32/h3-30H,1-2H3. The molecule has 8 aromatic rings. The Bertz CT molecular complexity index is 2450. The van der Waals surface area contributed by atoms with Gasteiger partial charge < -0.3 is 0 Å². The largest absolute Gasteiger partial charge is 0.228 e. The van der Waals surface area contributed by atoms with Crippen LogP contribution in [0.4, 0.5) is 0 Å². The van der Waals surface area contributed by atoms with Crippen molar-refractivity contribution in [1.29, 1.82) is 0 Å². The van der Waals surface area contributed by atoms with E-state index in [1.165, 1.54) is 44.2 Å². The zero-order valence-corrected chi connectivity index (χ0v) is 27.6. The Morgan fingerprint density at radius 3 is 1.43 bits per heavy atom. The fraction of sp³-hybridized carbons (Fsp3) is 0.0638. The van der Waals surface area contributed by atoms with E-state index in [1.54, 1.807) is 0 Å². The molecule has 0 radical (unpaired) electrons. The molecule has 49 heavy (non-hydrogen) atoms. The van der Waals surface area contributed by atoms with Gasteiger partial charge in [-0.1, -0.05) is 147 Å². The molecule has 232 valence electrons. The molecule has 0 saturated heterocycles. The molecule has 9 rings (SSSR count). The molecule has 0 bridgehead atoms. The zero-order valence-electron chi connectivity index (χ0n) is 27.6. The van der Waals surface area contributed by atoms with Crippen molar-refractivity contribution in [2.24, 2.45) is 0 Å². The molecule has 0 amide bonds. The van der Waals surface area contributed by atoms with E-state index in [0.29, 0.717) is 5.82 Å². The lowest BCUT2D eigenvalue weighted by molar-refractivity contribution is 0.661. The van der Waals surface area contributed by atoms with E-state index in [2.05, 4.69) is 172 Å². The van der Waals surface area contributed by atoms with E-state index in [0.717, 1.165) is 39.2 Å². The number of nitrogens with zero attached hydrogens (tertiary/aromatic N) is 2. The molecule has 2 nitrogen and oxygen atoms in total. The lowest BCUT2D eigenvalue weighted by atomic mass is 9.81. The van der Waals surface area contributed by atoms with Gasteiger partial charge in [-0.25, -0.2) is 9.97 Å². The van der Waals surface area contributed by atoms with E-state index in [4.69, 9.17) is 9.97 Å². The summed E-state index contributed by atoms with van der Waals surface area (Å²) in [6.45, 7) is 4.71. The van der Waals surface area contributed by atoms with Crippen LogP contribution in [0.15, 0.2) is 170 Å². The quantitative estimate of drug-likeness (QED) is 0.190. The fourth-order valence-corrected chi connectivity index (χ4v) is 7.41. The van der Waals surface area contributed by atoms with Gasteiger partial charge in [-0.15, -0.1) is 0 Å². The summed E-state index contributed by atoms with van der Waals surface area (Å²) in [6, 6.07) is 60.7. The summed E-state index contributed by atoms with van der Waals surface area (Å²) in [4.78, 5) is 10.1. The van der Waals surface area contributed by atoms with Gasteiger partial charge in [0.2, 0.25) is 0 Å². The Kier molecular flexibility index (Phi) is 6.84. The molecule has 0 saturated carbocycles. The van der Waals surface area contributed by atoms with Crippen molar-refractivity contribution in [2.75, 3.05) is 0 Å². The van der Waals surface area contributed by atoms with Gasteiger partial charge in [-0.2, -0.15) is 0 Å². The lowest BCUT2D eigenvalue weighted by Gasteiger charge is -2.22. The van der Waals surface area contributed by atoms with E-state index in [9.17, 15) is 0 Å². The van der Waals surface area contributed by atoms with Crippen LogP contribution in [0.1, 0.15) is 25.0 Å². The maximum atomic E-state index is 5.07. The van der Waals surface area contributed by atoms with Crippen LogP contribution < -0.4 is 0 Å². The Balaban J connectivity index is 1.09. The number of aromatic nitrogens is 2.